The Balaban J connectivity index is 1.76. The van der Waals surface area contributed by atoms with E-state index in [1.54, 1.807) is 17.7 Å². The molecule has 2 N–H and O–H groups in total. The molecule has 1 aromatic heterocycles. The first-order valence-electron chi connectivity index (χ1n) is 9.43. The molecule has 27 heavy (non-hydrogen) atoms. The lowest BCUT2D eigenvalue weighted by atomic mass is 10.0. The molecule has 1 aliphatic heterocycles. The Morgan fingerprint density at radius 2 is 2.07 bits per heavy atom. The highest BCUT2D eigenvalue weighted by Gasteiger charge is 2.54. The largest absolute Gasteiger partial charge is 0.492 e. The van der Waals surface area contributed by atoms with Crippen LogP contribution in [0.3, 0.4) is 0 Å². The van der Waals surface area contributed by atoms with Gasteiger partial charge in [0.15, 0.2) is 17.0 Å². The lowest BCUT2D eigenvalue weighted by molar-refractivity contribution is 0.410. The van der Waals surface area contributed by atoms with E-state index in [-0.39, 0.29) is 28.3 Å². The Hall–Kier alpha value is -2.15. The third kappa shape index (κ3) is 2.33. The number of alkyl halides is 1. The number of hydrogen-bond acceptors (Lipinski definition) is 4. The van der Waals surface area contributed by atoms with E-state index in [0.717, 1.165) is 12.8 Å². The minimum absolute atomic E-state index is 0.00355. The molecular weight excluding hydrogens is 352 g/mol. The van der Waals surface area contributed by atoms with Gasteiger partial charge in [0.1, 0.15) is 11.9 Å². The molecule has 0 radical (unpaired) electrons. The number of hydrogen-bond donors (Lipinski definition) is 1. The summed E-state index contributed by atoms with van der Waals surface area (Å²) < 4.78 is 36.4. The van der Waals surface area contributed by atoms with Crippen LogP contribution in [0.15, 0.2) is 17.1 Å². The molecule has 2 heterocycles. The van der Waals surface area contributed by atoms with E-state index >= 15 is 4.39 Å². The van der Waals surface area contributed by atoms with Crippen molar-refractivity contribution < 1.29 is 13.5 Å². The van der Waals surface area contributed by atoms with Gasteiger partial charge < -0.3 is 19.9 Å². The van der Waals surface area contributed by atoms with Crippen molar-refractivity contribution in [1.82, 2.24) is 4.57 Å². The first-order chi connectivity index (χ1) is 12.9. The molecule has 7 heteroatoms. The van der Waals surface area contributed by atoms with Crippen LogP contribution < -0.4 is 20.8 Å². The predicted molar refractivity (Wildman–Crippen MR) is 99.9 cm³/mol. The molecular formula is C20H23F2N3O2. The summed E-state index contributed by atoms with van der Waals surface area (Å²) in [7, 11) is 1.47. The second kappa shape index (κ2) is 5.44. The van der Waals surface area contributed by atoms with Crippen LogP contribution >= 0.6 is 0 Å². The van der Waals surface area contributed by atoms with E-state index in [1.165, 1.54) is 13.2 Å². The molecule has 0 amide bonds. The number of rotatable bonds is 3. The molecule has 5 rings (SSSR count). The third-order valence-corrected chi connectivity index (χ3v) is 6.54. The Morgan fingerprint density at radius 3 is 2.63 bits per heavy atom. The Labute approximate surface area is 155 Å². The van der Waals surface area contributed by atoms with Gasteiger partial charge in [-0.1, -0.05) is 0 Å². The zero-order chi connectivity index (χ0) is 19.1. The number of methoxy groups -OCH3 is 1. The fourth-order valence-electron chi connectivity index (χ4n) is 4.62. The van der Waals surface area contributed by atoms with E-state index < -0.39 is 12.0 Å². The van der Waals surface area contributed by atoms with E-state index in [1.807, 2.05) is 4.90 Å². The average molecular weight is 375 g/mol. The summed E-state index contributed by atoms with van der Waals surface area (Å²) in [6.45, 7) is 2.89. The van der Waals surface area contributed by atoms with Crippen LogP contribution in [0, 0.1) is 18.2 Å². The maximum Gasteiger partial charge on any atom is 0.192 e. The molecule has 3 atom stereocenters. The number of nitrogens with two attached hydrogens (primary N) is 1. The van der Waals surface area contributed by atoms with Gasteiger partial charge in [0.25, 0.3) is 0 Å². The Morgan fingerprint density at radius 1 is 1.37 bits per heavy atom. The smallest absolute Gasteiger partial charge is 0.192 e. The lowest BCUT2D eigenvalue weighted by Crippen LogP contribution is -2.30. The molecule has 0 bridgehead atoms. The summed E-state index contributed by atoms with van der Waals surface area (Å²) in [5.74, 6) is -0.197. The number of anilines is 1. The van der Waals surface area contributed by atoms with Gasteiger partial charge in [-0.3, -0.25) is 4.79 Å². The highest BCUT2D eigenvalue weighted by Crippen LogP contribution is 2.54. The SMILES string of the molecule is COc1c(N2C[C@@H](N)C3(CC3)C2)c(F)cc2c(=O)c(C)cn([C@@H]3C[C@@H]3F)c12. The maximum absolute atomic E-state index is 15.2. The Kier molecular flexibility index (Phi) is 3.42. The molecule has 3 aliphatic rings. The summed E-state index contributed by atoms with van der Waals surface area (Å²) in [4.78, 5) is 14.6. The fourth-order valence-corrected chi connectivity index (χ4v) is 4.62. The van der Waals surface area contributed by atoms with Gasteiger partial charge in [0.2, 0.25) is 0 Å². The quantitative estimate of drug-likeness (QED) is 0.896. The fraction of sp³-hybridized carbons (Fsp3) is 0.550. The van der Waals surface area contributed by atoms with Crippen LogP contribution in [0.4, 0.5) is 14.5 Å². The zero-order valence-electron chi connectivity index (χ0n) is 15.5. The number of ether oxygens (including phenoxy) is 1. The second-order valence-electron chi connectivity index (χ2n) is 8.35. The monoisotopic (exact) mass is 375 g/mol. The molecule has 0 unspecified atom stereocenters. The summed E-state index contributed by atoms with van der Waals surface area (Å²) in [5, 5.41) is 0.233. The van der Waals surface area contributed by atoms with Crippen molar-refractivity contribution in [3.05, 3.63) is 33.9 Å². The van der Waals surface area contributed by atoms with Crippen LogP contribution in [-0.2, 0) is 0 Å². The molecule has 1 spiro atoms. The second-order valence-corrected chi connectivity index (χ2v) is 8.35. The van der Waals surface area contributed by atoms with E-state index in [9.17, 15) is 9.18 Å². The molecule has 3 fully saturated rings. The van der Waals surface area contributed by atoms with Crippen LogP contribution in [0.2, 0.25) is 0 Å². The minimum atomic E-state index is -0.955. The van der Waals surface area contributed by atoms with Crippen LogP contribution in [0.1, 0.15) is 30.9 Å². The van der Waals surface area contributed by atoms with Gasteiger partial charge in [-0.2, -0.15) is 0 Å². The van der Waals surface area contributed by atoms with Crippen LogP contribution in [0.25, 0.3) is 10.9 Å². The maximum atomic E-state index is 15.2. The molecule has 5 nitrogen and oxygen atoms in total. The predicted octanol–water partition coefficient (Wildman–Crippen LogP) is 2.67. The highest BCUT2D eigenvalue weighted by molar-refractivity contribution is 5.92. The minimum Gasteiger partial charge on any atom is -0.492 e. The Bertz CT molecular complexity index is 1010. The summed E-state index contributed by atoms with van der Waals surface area (Å²) in [6, 6.07) is 0.934. The van der Waals surface area contributed by atoms with Gasteiger partial charge in [-0.05, 0) is 25.8 Å². The number of nitrogens with zero attached hydrogens (tertiary/aromatic N) is 2. The van der Waals surface area contributed by atoms with Crippen LogP contribution in [0.5, 0.6) is 5.75 Å². The number of benzene rings is 1. The standard InChI is InChI=1S/C20H23F2N3O2/c1-10-7-25(14-6-12(14)21)16-11(18(10)26)5-13(22)17(19(16)27-2)24-8-15(23)20(9-24)3-4-20/h5,7,12,14-15H,3-4,6,8-9,23H2,1-2H3/t12-,14+,15+/m0/s1. The highest BCUT2D eigenvalue weighted by atomic mass is 19.1. The van der Waals surface area contributed by atoms with Gasteiger partial charge in [0, 0.05) is 42.7 Å². The number of halogens is 2. The van der Waals surface area contributed by atoms with Crippen molar-refractivity contribution in [3.63, 3.8) is 0 Å². The van der Waals surface area contributed by atoms with Crippen LogP contribution in [-0.4, -0.2) is 37.0 Å². The molecule has 144 valence electrons. The van der Waals surface area contributed by atoms with E-state index in [4.69, 9.17) is 10.5 Å². The normalized spacial score (nSPS) is 28.2. The molecule has 2 aliphatic carbocycles. The summed E-state index contributed by atoms with van der Waals surface area (Å²) >= 11 is 0. The van der Waals surface area contributed by atoms with E-state index in [2.05, 4.69) is 0 Å². The molecule has 1 aromatic carbocycles. The average Bonchev–Trinajstić information content (AvgIpc) is 3.52. The topological polar surface area (TPSA) is 60.5 Å². The van der Waals surface area contributed by atoms with Crippen molar-refractivity contribution in [2.24, 2.45) is 11.1 Å². The van der Waals surface area contributed by atoms with Crippen molar-refractivity contribution in [1.29, 1.82) is 0 Å². The van der Waals surface area contributed by atoms with Gasteiger partial charge in [-0.25, -0.2) is 8.78 Å². The van der Waals surface area contributed by atoms with Crippen molar-refractivity contribution in [2.75, 3.05) is 25.1 Å². The molecule has 2 saturated carbocycles. The van der Waals surface area contributed by atoms with Gasteiger partial charge in [0.05, 0.1) is 24.1 Å². The number of fused-ring (bicyclic) bond motifs is 1. The zero-order valence-corrected chi connectivity index (χ0v) is 15.5. The molecule has 2 aromatic rings. The first kappa shape index (κ1) is 17.0. The first-order valence-corrected chi connectivity index (χ1v) is 9.43. The summed E-state index contributed by atoms with van der Waals surface area (Å²) in [6.07, 6.45) is 3.21. The van der Waals surface area contributed by atoms with Crippen molar-refractivity contribution in [3.8, 4) is 5.75 Å². The van der Waals surface area contributed by atoms with Crippen molar-refractivity contribution >= 4 is 16.6 Å². The van der Waals surface area contributed by atoms with Gasteiger partial charge >= 0.3 is 0 Å². The number of pyridine rings is 1. The van der Waals surface area contributed by atoms with E-state index in [0.29, 0.717) is 42.0 Å². The summed E-state index contributed by atoms with van der Waals surface area (Å²) in [5.41, 5.74) is 7.39. The molecule has 1 saturated heterocycles. The van der Waals surface area contributed by atoms with Crippen molar-refractivity contribution in [2.45, 2.75) is 44.4 Å². The lowest BCUT2D eigenvalue weighted by Gasteiger charge is -2.24. The number of aryl methyl sites for hydroxylation is 1. The third-order valence-electron chi connectivity index (χ3n) is 6.54. The van der Waals surface area contributed by atoms with Gasteiger partial charge in [-0.15, -0.1) is 0 Å². The number of aromatic nitrogens is 1.